The number of morpholine rings is 1. The summed E-state index contributed by atoms with van der Waals surface area (Å²) < 4.78 is 10.8. The normalized spacial score (nSPS) is 14.2. The predicted octanol–water partition coefficient (Wildman–Crippen LogP) is 4.19. The second-order valence-electron chi connectivity index (χ2n) is 9.33. The number of nitrogens with one attached hydrogen (secondary N) is 2. The lowest BCUT2D eigenvalue weighted by molar-refractivity contribution is 0.102. The summed E-state index contributed by atoms with van der Waals surface area (Å²) in [5.41, 5.74) is 1.77. The molecule has 12 heteroatoms. The number of anilines is 4. The average Bonchev–Trinajstić information content (AvgIpc) is 3.35. The highest BCUT2D eigenvalue weighted by Gasteiger charge is 2.21. The van der Waals surface area contributed by atoms with Crippen LogP contribution in [0.2, 0.25) is 5.02 Å². The monoisotopic (exact) mass is 508 g/mol. The summed E-state index contributed by atoms with van der Waals surface area (Å²) in [4.78, 5) is 32.7. The van der Waals surface area contributed by atoms with Gasteiger partial charge < -0.3 is 24.8 Å². The van der Waals surface area contributed by atoms with Gasteiger partial charge in [0.05, 0.1) is 30.1 Å². The Hall–Kier alpha value is -3.83. The standard InChI is InChI=1S/C24H25ClN8O3/c1-24(2,3)18-11-19(32-36-18)30-22(34)14-4-5-15(25)16(10-14)29-21-20-17(27-13-28-21)12-26-23(31-20)33-6-8-35-9-7-33/h4-5,10-13H,6-9H2,1-3H3,(H,27,28,29)(H,30,32,34). The van der Waals surface area contributed by atoms with Gasteiger partial charge in [-0.2, -0.15) is 0 Å². The van der Waals surface area contributed by atoms with E-state index in [0.717, 1.165) is 0 Å². The number of ether oxygens (including phenoxy) is 1. The highest BCUT2D eigenvalue weighted by Crippen LogP contribution is 2.30. The van der Waals surface area contributed by atoms with Gasteiger partial charge in [-0.05, 0) is 18.2 Å². The molecule has 0 aliphatic carbocycles. The first kappa shape index (κ1) is 23.9. The fraction of sp³-hybridized carbons (Fsp3) is 0.333. The van der Waals surface area contributed by atoms with Crippen molar-refractivity contribution in [3.05, 3.63) is 53.1 Å². The predicted molar refractivity (Wildman–Crippen MR) is 136 cm³/mol. The van der Waals surface area contributed by atoms with Gasteiger partial charge in [-0.3, -0.25) is 4.79 Å². The average molecular weight is 509 g/mol. The maximum atomic E-state index is 12.9. The molecule has 36 heavy (non-hydrogen) atoms. The molecule has 0 bridgehead atoms. The summed E-state index contributed by atoms with van der Waals surface area (Å²) in [6.45, 7) is 8.65. The van der Waals surface area contributed by atoms with Gasteiger partial charge in [-0.25, -0.2) is 19.9 Å². The number of halogens is 1. The van der Waals surface area contributed by atoms with E-state index in [4.69, 9.17) is 25.8 Å². The molecule has 186 valence electrons. The number of hydrogen-bond acceptors (Lipinski definition) is 10. The Morgan fingerprint density at radius 2 is 1.92 bits per heavy atom. The van der Waals surface area contributed by atoms with Gasteiger partial charge in [0.25, 0.3) is 5.91 Å². The number of carbonyl (C=O) groups excluding carboxylic acids is 1. The Balaban J connectivity index is 1.40. The van der Waals surface area contributed by atoms with Gasteiger partial charge in [0.15, 0.2) is 11.6 Å². The number of amides is 1. The molecule has 11 nitrogen and oxygen atoms in total. The van der Waals surface area contributed by atoms with Gasteiger partial charge in [0, 0.05) is 30.1 Å². The highest BCUT2D eigenvalue weighted by molar-refractivity contribution is 6.33. The molecular formula is C24H25ClN8O3. The molecule has 0 radical (unpaired) electrons. The first-order chi connectivity index (χ1) is 17.3. The maximum absolute atomic E-state index is 12.9. The van der Waals surface area contributed by atoms with Gasteiger partial charge in [-0.1, -0.05) is 37.5 Å². The van der Waals surface area contributed by atoms with E-state index in [-0.39, 0.29) is 11.3 Å². The van der Waals surface area contributed by atoms with Crippen LogP contribution in [0.5, 0.6) is 0 Å². The lowest BCUT2D eigenvalue weighted by atomic mass is 9.93. The van der Waals surface area contributed by atoms with Crippen molar-refractivity contribution < 1.29 is 14.1 Å². The molecule has 1 aliphatic rings. The van der Waals surface area contributed by atoms with Crippen molar-refractivity contribution in [1.29, 1.82) is 0 Å². The Labute approximate surface area is 212 Å². The molecule has 4 aromatic rings. The minimum absolute atomic E-state index is 0.223. The zero-order valence-electron chi connectivity index (χ0n) is 20.1. The number of rotatable bonds is 5. The summed E-state index contributed by atoms with van der Waals surface area (Å²) in [7, 11) is 0. The maximum Gasteiger partial charge on any atom is 0.256 e. The molecular weight excluding hydrogens is 484 g/mol. The van der Waals surface area contributed by atoms with Crippen LogP contribution in [0.25, 0.3) is 11.0 Å². The van der Waals surface area contributed by atoms with Crippen LogP contribution < -0.4 is 15.5 Å². The molecule has 0 spiro atoms. The topological polar surface area (TPSA) is 131 Å². The van der Waals surface area contributed by atoms with E-state index in [1.54, 1.807) is 30.5 Å². The van der Waals surface area contributed by atoms with E-state index in [2.05, 4.69) is 30.7 Å². The van der Waals surface area contributed by atoms with Crippen molar-refractivity contribution in [3.63, 3.8) is 0 Å². The first-order valence-electron chi connectivity index (χ1n) is 11.4. The van der Waals surface area contributed by atoms with E-state index in [0.29, 0.717) is 77.0 Å². The zero-order chi connectivity index (χ0) is 25.3. The Morgan fingerprint density at radius 1 is 1.11 bits per heavy atom. The second kappa shape index (κ2) is 9.67. The largest absolute Gasteiger partial charge is 0.378 e. The van der Waals surface area contributed by atoms with Crippen LogP contribution >= 0.6 is 11.6 Å². The molecule has 1 amide bonds. The van der Waals surface area contributed by atoms with Crippen molar-refractivity contribution in [2.24, 2.45) is 0 Å². The minimum Gasteiger partial charge on any atom is -0.378 e. The zero-order valence-corrected chi connectivity index (χ0v) is 20.8. The molecule has 1 fully saturated rings. The Morgan fingerprint density at radius 3 is 2.67 bits per heavy atom. The van der Waals surface area contributed by atoms with Crippen LogP contribution in [0.3, 0.4) is 0 Å². The fourth-order valence-corrected chi connectivity index (χ4v) is 3.78. The number of hydrogen-bond donors (Lipinski definition) is 2. The highest BCUT2D eigenvalue weighted by atomic mass is 35.5. The Kier molecular flexibility index (Phi) is 6.42. The van der Waals surface area contributed by atoms with Crippen molar-refractivity contribution in [3.8, 4) is 0 Å². The summed E-state index contributed by atoms with van der Waals surface area (Å²) >= 11 is 6.45. The third-order valence-electron chi connectivity index (χ3n) is 5.63. The molecule has 3 aromatic heterocycles. The second-order valence-corrected chi connectivity index (χ2v) is 9.73. The van der Waals surface area contributed by atoms with Gasteiger partial charge in [0.1, 0.15) is 23.1 Å². The third kappa shape index (κ3) is 5.07. The number of aromatic nitrogens is 5. The summed E-state index contributed by atoms with van der Waals surface area (Å²) in [6, 6.07) is 6.62. The van der Waals surface area contributed by atoms with Crippen LogP contribution in [-0.4, -0.2) is 57.3 Å². The lowest BCUT2D eigenvalue weighted by Crippen LogP contribution is -2.37. The van der Waals surface area contributed by atoms with Crippen molar-refractivity contribution in [1.82, 2.24) is 25.1 Å². The van der Waals surface area contributed by atoms with Crippen LogP contribution in [-0.2, 0) is 10.2 Å². The van der Waals surface area contributed by atoms with Crippen molar-refractivity contribution in [2.75, 3.05) is 41.8 Å². The first-order valence-corrected chi connectivity index (χ1v) is 11.8. The molecule has 0 saturated carbocycles. The van der Waals surface area contributed by atoms with Crippen LogP contribution in [0.4, 0.5) is 23.3 Å². The molecule has 1 aliphatic heterocycles. The molecule has 5 rings (SSSR count). The number of benzene rings is 1. The number of carbonyl (C=O) groups is 1. The van der Waals surface area contributed by atoms with E-state index >= 15 is 0 Å². The quantitative estimate of drug-likeness (QED) is 0.404. The van der Waals surface area contributed by atoms with Crippen molar-refractivity contribution >= 4 is 51.8 Å². The van der Waals surface area contributed by atoms with E-state index in [1.165, 1.54) is 6.33 Å². The molecule has 1 aromatic carbocycles. The van der Waals surface area contributed by atoms with Crippen LogP contribution in [0.15, 0.2) is 41.3 Å². The van der Waals surface area contributed by atoms with Crippen molar-refractivity contribution in [2.45, 2.75) is 26.2 Å². The number of nitrogens with zero attached hydrogens (tertiary/aromatic N) is 6. The lowest BCUT2D eigenvalue weighted by Gasteiger charge is -2.26. The molecule has 4 heterocycles. The third-order valence-corrected chi connectivity index (χ3v) is 5.96. The molecule has 0 atom stereocenters. The summed E-state index contributed by atoms with van der Waals surface area (Å²) in [5, 5.41) is 10.3. The van der Waals surface area contributed by atoms with Gasteiger partial charge >= 0.3 is 0 Å². The van der Waals surface area contributed by atoms with Crippen LogP contribution in [0, 0.1) is 0 Å². The van der Waals surface area contributed by atoms with E-state index in [1.807, 2.05) is 25.7 Å². The summed E-state index contributed by atoms with van der Waals surface area (Å²) in [5.74, 6) is 1.68. The van der Waals surface area contributed by atoms with Crippen LogP contribution in [0.1, 0.15) is 36.9 Å². The van der Waals surface area contributed by atoms with Gasteiger partial charge in [0.2, 0.25) is 5.95 Å². The van der Waals surface area contributed by atoms with E-state index in [9.17, 15) is 4.79 Å². The van der Waals surface area contributed by atoms with E-state index < -0.39 is 0 Å². The molecule has 1 saturated heterocycles. The smallest absolute Gasteiger partial charge is 0.256 e. The molecule has 0 unspecified atom stereocenters. The number of fused-ring (bicyclic) bond motifs is 1. The summed E-state index contributed by atoms with van der Waals surface area (Å²) in [6.07, 6.45) is 3.08. The fourth-order valence-electron chi connectivity index (χ4n) is 3.62. The Bertz CT molecular complexity index is 1410. The molecule has 2 N–H and O–H groups in total. The SMILES string of the molecule is CC(C)(C)c1cc(NC(=O)c2ccc(Cl)c(Nc3ncnc4cnc(N5CCOCC5)nc34)c2)no1. The minimum atomic E-state index is -0.354. The van der Waals surface area contributed by atoms with Gasteiger partial charge in [-0.15, -0.1) is 0 Å².